The van der Waals surface area contributed by atoms with Gasteiger partial charge in [0.25, 0.3) is 0 Å². The Morgan fingerprint density at radius 3 is 2.29 bits per heavy atom. The highest BCUT2D eigenvalue weighted by atomic mass is 16.5. The number of hydrogen-bond donors (Lipinski definition) is 0. The molecule has 0 aromatic heterocycles. The number of methoxy groups -OCH3 is 1. The third-order valence-electron chi connectivity index (χ3n) is 3.74. The molecule has 0 saturated carbocycles. The highest BCUT2D eigenvalue weighted by molar-refractivity contribution is 5.89. The Labute approximate surface area is 144 Å². The van der Waals surface area contributed by atoms with Crippen molar-refractivity contribution in [2.75, 3.05) is 20.8 Å². The van der Waals surface area contributed by atoms with Gasteiger partial charge in [-0.2, -0.15) is 0 Å². The number of benzene rings is 1. The largest absolute Gasteiger partial charge is 0.465 e. The molecular weight excluding hydrogens is 306 g/mol. The van der Waals surface area contributed by atoms with Gasteiger partial charge in [0.15, 0.2) is 0 Å². The third kappa shape index (κ3) is 7.13. The van der Waals surface area contributed by atoms with Crippen molar-refractivity contribution in [3.8, 4) is 0 Å². The fourth-order valence-electron chi connectivity index (χ4n) is 2.50. The number of ether oxygens (including phenoxy) is 2. The molecule has 0 aliphatic heterocycles. The summed E-state index contributed by atoms with van der Waals surface area (Å²) in [5.74, 6) is 0.272. The molecule has 5 heteroatoms. The minimum Gasteiger partial charge on any atom is -0.465 e. The number of amides is 1. The zero-order chi connectivity index (χ0) is 18.1. The van der Waals surface area contributed by atoms with Crippen LogP contribution in [0.15, 0.2) is 24.3 Å². The molecule has 0 unspecified atom stereocenters. The van der Waals surface area contributed by atoms with E-state index in [-0.39, 0.29) is 18.0 Å². The van der Waals surface area contributed by atoms with Gasteiger partial charge in [-0.05, 0) is 37.0 Å². The van der Waals surface area contributed by atoms with Gasteiger partial charge >= 0.3 is 5.97 Å². The van der Waals surface area contributed by atoms with Crippen LogP contribution in [0, 0.1) is 5.92 Å². The van der Waals surface area contributed by atoms with Crippen molar-refractivity contribution in [1.29, 1.82) is 0 Å². The number of esters is 1. The SMILES string of the molecule is COC(=O)c1ccc(CN(C)C(=O)CCO[C@@H](C)CC(C)C)cc1. The van der Waals surface area contributed by atoms with Crippen LogP contribution < -0.4 is 0 Å². The normalized spacial score (nSPS) is 12.1. The summed E-state index contributed by atoms with van der Waals surface area (Å²) in [6, 6.07) is 7.07. The first-order chi connectivity index (χ1) is 11.3. The fraction of sp³-hybridized carbons (Fsp3) is 0.579. The van der Waals surface area contributed by atoms with Crippen molar-refractivity contribution in [2.45, 2.75) is 46.3 Å². The van der Waals surface area contributed by atoms with Crippen LogP contribution in [0.25, 0.3) is 0 Å². The molecule has 0 spiro atoms. The van der Waals surface area contributed by atoms with Gasteiger partial charge in [0.2, 0.25) is 5.91 Å². The molecular formula is C19H29NO4. The molecule has 1 rings (SSSR count). The molecule has 24 heavy (non-hydrogen) atoms. The molecule has 0 saturated heterocycles. The van der Waals surface area contributed by atoms with Crippen molar-refractivity contribution in [3.05, 3.63) is 35.4 Å². The Balaban J connectivity index is 2.39. The van der Waals surface area contributed by atoms with Gasteiger partial charge in [0.1, 0.15) is 0 Å². The van der Waals surface area contributed by atoms with Crippen molar-refractivity contribution < 1.29 is 19.1 Å². The minimum atomic E-state index is -0.362. The molecule has 0 heterocycles. The predicted molar refractivity (Wildman–Crippen MR) is 93.7 cm³/mol. The topological polar surface area (TPSA) is 55.8 Å². The number of nitrogens with zero attached hydrogens (tertiary/aromatic N) is 1. The number of hydrogen-bond acceptors (Lipinski definition) is 4. The molecule has 1 atom stereocenters. The molecule has 0 N–H and O–H groups in total. The van der Waals surface area contributed by atoms with Crippen LogP contribution in [0.1, 0.15) is 49.5 Å². The van der Waals surface area contributed by atoms with Crippen molar-refractivity contribution in [1.82, 2.24) is 4.90 Å². The maximum atomic E-state index is 12.1. The van der Waals surface area contributed by atoms with Crippen LogP contribution in [-0.2, 0) is 20.8 Å². The van der Waals surface area contributed by atoms with Crippen LogP contribution in [0.5, 0.6) is 0 Å². The zero-order valence-electron chi connectivity index (χ0n) is 15.4. The molecule has 0 aliphatic carbocycles. The van der Waals surface area contributed by atoms with E-state index >= 15 is 0 Å². The Morgan fingerprint density at radius 2 is 1.75 bits per heavy atom. The Hall–Kier alpha value is -1.88. The van der Waals surface area contributed by atoms with Crippen molar-refractivity contribution >= 4 is 11.9 Å². The summed E-state index contributed by atoms with van der Waals surface area (Å²) < 4.78 is 10.3. The van der Waals surface area contributed by atoms with Crippen LogP contribution in [0.3, 0.4) is 0 Å². The third-order valence-corrected chi connectivity index (χ3v) is 3.74. The molecule has 1 amide bonds. The van der Waals surface area contributed by atoms with Gasteiger partial charge in [-0.25, -0.2) is 4.79 Å². The number of rotatable bonds is 9. The van der Waals surface area contributed by atoms with E-state index in [0.29, 0.717) is 31.1 Å². The molecule has 0 aliphatic rings. The summed E-state index contributed by atoms with van der Waals surface area (Å²) in [7, 11) is 3.13. The molecule has 1 aromatic carbocycles. The first-order valence-electron chi connectivity index (χ1n) is 8.36. The average molecular weight is 335 g/mol. The predicted octanol–water partition coefficient (Wildman–Crippen LogP) is 3.27. The van der Waals surface area contributed by atoms with E-state index in [9.17, 15) is 9.59 Å². The second-order valence-corrected chi connectivity index (χ2v) is 6.50. The van der Waals surface area contributed by atoms with E-state index in [1.165, 1.54) is 7.11 Å². The standard InChI is InChI=1S/C19H29NO4/c1-14(2)12-15(3)24-11-10-18(21)20(4)13-16-6-8-17(9-7-16)19(22)23-5/h6-9,14-15H,10-13H2,1-5H3/t15-/m0/s1. The average Bonchev–Trinajstić information content (AvgIpc) is 2.53. The van der Waals surface area contributed by atoms with Gasteiger partial charge in [0, 0.05) is 13.6 Å². The fourth-order valence-corrected chi connectivity index (χ4v) is 2.50. The van der Waals surface area contributed by atoms with E-state index < -0.39 is 0 Å². The Morgan fingerprint density at radius 1 is 1.12 bits per heavy atom. The summed E-state index contributed by atoms with van der Waals surface area (Å²) >= 11 is 0. The van der Waals surface area contributed by atoms with E-state index in [0.717, 1.165) is 12.0 Å². The van der Waals surface area contributed by atoms with E-state index in [2.05, 4.69) is 18.6 Å². The lowest BCUT2D eigenvalue weighted by molar-refractivity contribution is -0.132. The second-order valence-electron chi connectivity index (χ2n) is 6.50. The first kappa shape index (κ1) is 20.2. The lowest BCUT2D eigenvalue weighted by atomic mass is 10.1. The Bertz CT molecular complexity index is 525. The Kier molecular flexibility index (Phi) is 8.47. The van der Waals surface area contributed by atoms with Gasteiger partial charge < -0.3 is 14.4 Å². The maximum Gasteiger partial charge on any atom is 0.337 e. The van der Waals surface area contributed by atoms with Crippen molar-refractivity contribution in [3.63, 3.8) is 0 Å². The lowest BCUT2D eigenvalue weighted by Crippen LogP contribution is -2.27. The minimum absolute atomic E-state index is 0.0452. The van der Waals surface area contributed by atoms with Gasteiger partial charge in [-0.15, -0.1) is 0 Å². The summed E-state index contributed by atoms with van der Waals surface area (Å²) in [5.41, 5.74) is 1.47. The maximum absolute atomic E-state index is 12.1. The summed E-state index contributed by atoms with van der Waals surface area (Å²) in [4.78, 5) is 25.2. The van der Waals surface area contributed by atoms with Crippen molar-refractivity contribution in [2.24, 2.45) is 5.92 Å². The molecule has 0 fully saturated rings. The van der Waals surface area contributed by atoms with E-state index in [1.54, 1.807) is 24.1 Å². The number of carbonyl (C=O) groups is 2. The first-order valence-corrected chi connectivity index (χ1v) is 8.36. The van der Waals surface area contributed by atoms with Gasteiger partial charge in [0.05, 0.1) is 31.8 Å². The molecule has 134 valence electrons. The van der Waals surface area contributed by atoms with Crippen LogP contribution in [-0.4, -0.2) is 43.6 Å². The molecule has 0 bridgehead atoms. The van der Waals surface area contributed by atoms with Crippen LogP contribution in [0.4, 0.5) is 0 Å². The summed E-state index contributed by atoms with van der Waals surface area (Å²) in [6.45, 7) is 7.30. The summed E-state index contributed by atoms with van der Waals surface area (Å²) in [6.07, 6.45) is 1.55. The smallest absolute Gasteiger partial charge is 0.337 e. The molecule has 1 aromatic rings. The van der Waals surface area contributed by atoms with Crippen LogP contribution in [0.2, 0.25) is 0 Å². The quantitative estimate of drug-likeness (QED) is 0.650. The monoisotopic (exact) mass is 335 g/mol. The highest BCUT2D eigenvalue weighted by Gasteiger charge is 2.12. The number of carbonyl (C=O) groups excluding carboxylic acids is 2. The second kappa shape index (κ2) is 10.1. The van der Waals surface area contributed by atoms with Gasteiger partial charge in [-0.1, -0.05) is 26.0 Å². The molecule has 5 nitrogen and oxygen atoms in total. The van der Waals surface area contributed by atoms with E-state index in [1.807, 2.05) is 19.1 Å². The lowest BCUT2D eigenvalue weighted by Gasteiger charge is -2.19. The zero-order valence-corrected chi connectivity index (χ0v) is 15.4. The van der Waals surface area contributed by atoms with Gasteiger partial charge in [-0.3, -0.25) is 4.79 Å². The summed E-state index contributed by atoms with van der Waals surface area (Å²) in [5, 5.41) is 0. The molecule has 0 radical (unpaired) electrons. The highest BCUT2D eigenvalue weighted by Crippen LogP contribution is 2.10. The van der Waals surface area contributed by atoms with E-state index in [4.69, 9.17) is 4.74 Å². The van der Waals surface area contributed by atoms with Crippen LogP contribution >= 0.6 is 0 Å².